The number of aromatic nitrogens is 4. The predicted molar refractivity (Wildman–Crippen MR) is 108 cm³/mol. The number of aryl methyl sites for hydroxylation is 2. The fourth-order valence-corrected chi connectivity index (χ4v) is 3.61. The van der Waals surface area contributed by atoms with Crippen LogP contribution >= 0.6 is 0 Å². The highest BCUT2D eigenvalue weighted by molar-refractivity contribution is 5.72. The summed E-state index contributed by atoms with van der Waals surface area (Å²) in [6.07, 6.45) is 5.56. The van der Waals surface area contributed by atoms with Gasteiger partial charge in [0.1, 0.15) is 11.5 Å². The molecule has 7 heteroatoms. The van der Waals surface area contributed by atoms with Crippen molar-refractivity contribution >= 4 is 5.82 Å². The van der Waals surface area contributed by atoms with Crippen molar-refractivity contribution in [3.05, 3.63) is 59.9 Å². The number of nitrogens with zero attached hydrogens (tertiary/aromatic N) is 6. The van der Waals surface area contributed by atoms with Crippen molar-refractivity contribution in [3.63, 3.8) is 0 Å². The first-order valence-corrected chi connectivity index (χ1v) is 9.71. The van der Waals surface area contributed by atoms with Gasteiger partial charge in [-0.2, -0.15) is 5.10 Å². The lowest BCUT2D eigenvalue weighted by molar-refractivity contribution is 0.249. The van der Waals surface area contributed by atoms with Crippen LogP contribution in [0.4, 0.5) is 10.2 Å². The Labute approximate surface area is 164 Å². The molecule has 3 aromatic rings. The van der Waals surface area contributed by atoms with Crippen LogP contribution in [0.2, 0.25) is 0 Å². The first-order valence-electron chi connectivity index (χ1n) is 9.71. The van der Waals surface area contributed by atoms with Crippen LogP contribution in [0.15, 0.2) is 42.9 Å². The fraction of sp³-hybridized carbons (Fsp3) is 0.381. The summed E-state index contributed by atoms with van der Waals surface area (Å²) in [5.74, 6) is 0.619. The summed E-state index contributed by atoms with van der Waals surface area (Å²) in [7, 11) is 0. The van der Waals surface area contributed by atoms with Gasteiger partial charge in [0.05, 0.1) is 5.69 Å². The molecule has 0 saturated carbocycles. The highest BCUT2D eigenvalue weighted by Crippen LogP contribution is 2.27. The molecule has 6 nitrogen and oxygen atoms in total. The van der Waals surface area contributed by atoms with Gasteiger partial charge < -0.3 is 4.90 Å². The standard InChI is InChI=1S/C21H25FN6/c1-3-28-15-18(16(2)25-28)14-26-10-12-27(13-11-26)21-20(23-8-9-24-21)17-4-6-19(22)7-5-17/h4-9,15H,3,10-14H2,1-2H3. The third-order valence-corrected chi connectivity index (χ3v) is 5.23. The summed E-state index contributed by atoms with van der Waals surface area (Å²) in [5, 5.41) is 4.54. The molecule has 1 aromatic carbocycles. The van der Waals surface area contributed by atoms with Crippen molar-refractivity contribution in [2.24, 2.45) is 0 Å². The number of rotatable bonds is 5. The molecule has 4 rings (SSSR count). The number of hydrogen-bond acceptors (Lipinski definition) is 5. The molecule has 0 aliphatic carbocycles. The molecule has 0 amide bonds. The Morgan fingerprint density at radius 3 is 2.39 bits per heavy atom. The van der Waals surface area contributed by atoms with Gasteiger partial charge in [-0.1, -0.05) is 0 Å². The van der Waals surface area contributed by atoms with Crippen molar-refractivity contribution in [1.82, 2.24) is 24.6 Å². The highest BCUT2D eigenvalue weighted by Gasteiger charge is 2.22. The molecular formula is C21H25FN6. The van der Waals surface area contributed by atoms with Gasteiger partial charge in [-0.25, -0.2) is 9.37 Å². The SMILES string of the molecule is CCn1cc(CN2CCN(c3nccnc3-c3ccc(F)cc3)CC2)c(C)n1. The average molecular weight is 380 g/mol. The van der Waals surface area contributed by atoms with Gasteiger partial charge in [0.2, 0.25) is 0 Å². The second-order valence-corrected chi connectivity index (χ2v) is 7.09. The second kappa shape index (κ2) is 8.06. The Balaban J connectivity index is 1.45. The van der Waals surface area contributed by atoms with E-state index >= 15 is 0 Å². The Kier molecular flexibility index (Phi) is 5.34. The summed E-state index contributed by atoms with van der Waals surface area (Å²) in [6, 6.07) is 6.44. The lowest BCUT2D eigenvalue weighted by Gasteiger charge is -2.35. The molecule has 146 valence electrons. The smallest absolute Gasteiger partial charge is 0.155 e. The van der Waals surface area contributed by atoms with Crippen molar-refractivity contribution in [3.8, 4) is 11.3 Å². The number of halogens is 1. The fourth-order valence-electron chi connectivity index (χ4n) is 3.61. The van der Waals surface area contributed by atoms with Crippen molar-refractivity contribution < 1.29 is 4.39 Å². The van der Waals surface area contributed by atoms with Crippen molar-refractivity contribution in [1.29, 1.82) is 0 Å². The summed E-state index contributed by atoms with van der Waals surface area (Å²) in [6.45, 7) is 9.67. The molecule has 0 spiro atoms. The van der Waals surface area contributed by atoms with E-state index in [2.05, 4.69) is 44.9 Å². The Morgan fingerprint density at radius 1 is 1.00 bits per heavy atom. The first-order chi connectivity index (χ1) is 13.6. The van der Waals surface area contributed by atoms with Crippen LogP contribution in [0, 0.1) is 12.7 Å². The zero-order chi connectivity index (χ0) is 19.5. The molecule has 0 bridgehead atoms. The lowest BCUT2D eigenvalue weighted by atomic mass is 10.1. The topological polar surface area (TPSA) is 50.1 Å². The van der Waals surface area contributed by atoms with Crippen molar-refractivity contribution in [2.45, 2.75) is 26.9 Å². The molecule has 0 atom stereocenters. The van der Waals surface area contributed by atoms with E-state index in [4.69, 9.17) is 0 Å². The summed E-state index contributed by atoms with van der Waals surface area (Å²) in [5.41, 5.74) is 4.09. The van der Waals surface area contributed by atoms with E-state index in [-0.39, 0.29) is 5.82 Å². The van der Waals surface area contributed by atoms with Gasteiger partial charge in [0.15, 0.2) is 5.82 Å². The summed E-state index contributed by atoms with van der Waals surface area (Å²) >= 11 is 0. The van der Waals surface area contributed by atoms with E-state index < -0.39 is 0 Å². The highest BCUT2D eigenvalue weighted by atomic mass is 19.1. The van der Waals surface area contributed by atoms with E-state index in [1.54, 1.807) is 24.5 Å². The van der Waals surface area contributed by atoms with E-state index in [0.717, 1.165) is 62.0 Å². The molecule has 0 unspecified atom stereocenters. The van der Waals surface area contributed by atoms with Crippen LogP contribution in [-0.2, 0) is 13.1 Å². The maximum Gasteiger partial charge on any atom is 0.155 e. The number of hydrogen-bond donors (Lipinski definition) is 0. The zero-order valence-electron chi connectivity index (χ0n) is 16.3. The third-order valence-electron chi connectivity index (χ3n) is 5.23. The minimum absolute atomic E-state index is 0.246. The maximum absolute atomic E-state index is 13.3. The van der Waals surface area contributed by atoms with Gasteiger partial charge in [-0.15, -0.1) is 0 Å². The van der Waals surface area contributed by atoms with Crippen LogP contribution < -0.4 is 4.90 Å². The zero-order valence-corrected chi connectivity index (χ0v) is 16.3. The molecule has 28 heavy (non-hydrogen) atoms. The van der Waals surface area contributed by atoms with Crippen molar-refractivity contribution in [2.75, 3.05) is 31.1 Å². The minimum Gasteiger partial charge on any atom is -0.352 e. The molecule has 3 heterocycles. The summed E-state index contributed by atoms with van der Waals surface area (Å²) in [4.78, 5) is 13.8. The normalized spacial score (nSPS) is 15.2. The monoisotopic (exact) mass is 380 g/mol. The van der Waals surface area contributed by atoms with Gasteiger partial charge >= 0.3 is 0 Å². The van der Waals surface area contributed by atoms with Crippen LogP contribution in [0.3, 0.4) is 0 Å². The second-order valence-electron chi connectivity index (χ2n) is 7.09. The molecule has 1 fully saturated rings. The largest absolute Gasteiger partial charge is 0.352 e. The molecule has 0 radical (unpaired) electrons. The number of anilines is 1. The van der Waals surface area contributed by atoms with Crippen LogP contribution in [0.5, 0.6) is 0 Å². The first kappa shape index (κ1) is 18.6. The average Bonchev–Trinajstić information content (AvgIpc) is 3.09. The van der Waals surface area contributed by atoms with Gasteiger partial charge in [-0.3, -0.25) is 14.6 Å². The number of benzene rings is 1. The van der Waals surface area contributed by atoms with E-state index in [9.17, 15) is 4.39 Å². The molecule has 1 aliphatic rings. The molecule has 0 N–H and O–H groups in total. The van der Waals surface area contributed by atoms with E-state index in [1.807, 2.05) is 4.68 Å². The number of piperazine rings is 1. The molecule has 2 aromatic heterocycles. The minimum atomic E-state index is -0.246. The Bertz CT molecular complexity index is 928. The van der Waals surface area contributed by atoms with Gasteiger partial charge in [-0.05, 0) is 38.1 Å². The van der Waals surface area contributed by atoms with Crippen LogP contribution in [0.25, 0.3) is 11.3 Å². The van der Waals surface area contributed by atoms with Gasteiger partial charge in [0.25, 0.3) is 0 Å². The van der Waals surface area contributed by atoms with Crippen LogP contribution in [0.1, 0.15) is 18.2 Å². The van der Waals surface area contributed by atoms with E-state index in [1.165, 1.54) is 17.7 Å². The molecule has 1 aliphatic heterocycles. The summed E-state index contributed by atoms with van der Waals surface area (Å²) < 4.78 is 15.3. The molecule has 1 saturated heterocycles. The van der Waals surface area contributed by atoms with E-state index in [0.29, 0.717) is 0 Å². The third kappa shape index (κ3) is 3.89. The lowest BCUT2D eigenvalue weighted by Crippen LogP contribution is -2.46. The van der Waals surface area contributed by atoms with Gasteiger partial charge in [0, 0.05) is 69.0 Å². The Morgan fingerprint density at radius 2 is 1.71 bits per heavy atom. The maximum atomic E-state index is 13.3. The quantitative estimate of drug-likeness (QED) is 0.681. The predicted octanol–water partition coefficient (Wildman–Crippen LogP) is 3.13. The van der Waals surface area contributed by atoms with Crippen LogP contribution in [-0.4, -0.2) is 50.8 Å². The molecular weight excluding hydrogens is 355 g/mol. The Hall–Kier alpha value is -2.80.